The van der Waals surface area contributed by atoms with Gasteiger partial charge in [-0.15, -0.1) is 0 Å². The maximum absolute atomic E-state index is 12.6. The normalized spacial score (nSPS) is 12.2. The molecular formula is C16H26ClN3O3S. The Labute approximate surface area is 149 Å². The van der Waals surface area contributed by atoms with E-state index < -0.39 is 10.0 Å². The standard InChI is InChI=1S/C16H26ClN3O3S/c1-6-20(7-2)24(22,23)15-10-13(8-9-14(15)17)18-16(21)11-19(5)12(3)4/h8-10,12H,6-7,11H2,1-5H3,(H,18,21). The number of benzene rings is 1. The number of hydrogen-bond donors (Lipinski definition) is 1. The molecule has 0 bridgehead atoms. The lowest BCUT2D eigenvalue weighted by Crippen LogP contribution is -2.35. The highest BCUT2D eigenvalue weighted by molar-refractivity contribution is 7.89. The lowest BCUT2D eigenvalue weighted by atomic mass is 10.3. The van der Waals surface area contributed by atoms with Crippen molar-refractivity contribution >= 4 is 33.2 Å². The molecule has 0 atom stereocenters. The maximum Gasteiger partial charge on any atom is 0.244 e. The highest BCUT2D eigenvalue weighted by Gasteiger charge is 2.25. The molecule has 1 aromatic rings. The summed E-state index contributed by atoms with van der Waals surface area (Å²) in [6.45, 7) is 8.44. The second-order valence-corrected chi connectivity index (χ2v) is 8.11. The number of anilines is 1. The summed E-state index contributed by atoms with van der Waals surface area (Å²) in [4.78, 5) is 14.0. The number of carbonyl (C=O) groups excluding carboxylic acids is 1. The first-order chi connectivity index (χ1) is 11.1. The molecule has 8 heteroatoms. The van der Waals surface area contributed by atoms with E-state index in [4.69, 9.17) is 11.6 Å². The van der Waals surface area contributed by atoms with E-state index >= 15 is 0 Å². The molecule has 136 valence electrons. The van der Waals surface area contributed by atoms with Crippen molar-refractivity contribution in [1.82, 2.24) is 9.21 Å². The van der Waals surface area contributed by atoms with Crippen molar-refractivity contribution in [2.24, 2.45) is 0 Å². The second kappa shape index (κ2) is 8.80. The fourth-order valence-corrected chi connectivity index (χ4v) is 4.05. The third-order valence-corrected chi connectivity index (χ3v) is 6.34. The van der Waals surface area contributed by atoms with Gasteiger partial charge in [-0.1, -0.05) is 25.4 Å². The van der Waals surface area contributed by atoms with Gasteiger partial charge in [-0.25, -0.2) is 8.42 Å². The molecule has 0 saturated carbocycles. The van der Waals surface area contributed by atoms with Gasteiger partial charge in [-0.05, 0) is 39.1 Å². The van der Waals surface area contributed by atoms with Crippen LogP contribution in [0.15, 0.2) is 23.1 Å². The molecule has 1 aromatic carbocycles. The van der Waals surface area contributed by atoms with Crippen LogP contribution in [0, 0.1) is 0 Å². The molecule has 0 unspecified atom stereocenters. The van der Waals surface area contributed by atoms with E-state index in [2.05, 4.69) is 5.32 Å². The predicted molar refractivity (Wildman–Crippen MR) is 98.0 cm³/mol. The number of hydrogen-bond acceptors (Lipinski definition) is 4. The Kier molecular flexibility index (Phi) is 7.66. The van der Waals surface area contributed by atoms with Gasteiger partial charge in [0.15, 0.2) is 0 Å². The van der Waals surface area contributed by atoms with Gasteiger partial charge in [0, 0.05) is 24.8 Å². The average molecular weight is 376 g/mol. The number of halogens is 1. The van der Waals surface area contributed by atoms with Crippen molar-refractivity contribution < 1.29 is 13.2 Å². The first-order valence-electron chi connectivity index (χ1n) is 7.93. The molecule has 0 aromatic heterocycles. The number of carbonyl (C=O) groups is 1. The molecule has 1 N–H and O–H groups in total. The lowest BCUT2D eigenvalue weighted by Gasteiger charge is -2.21. The van der Waals surface area contributed by atoms with Gasteiger partial charge < -0.3 is 5.32 Å². The number of amides is 1. The predicted octanol–water partition coefficient (Wildman–Crippen LogP) is 2.65. The van der Waals surface area contributed by atoms with E-state index in [1.54, 1.807) is 19.9 Å². The SMILES string of the molecule is CCN(CC)S(=O)(=O)c1cc(NC(=O)CN(C)C(C)C)ccc1Cl. The number of likely N-dealkylation sites (N-methyl/N-ethyl adjacent to an activating group) is 1. The summed E-state index contributed by atoms with van der Waals surface area (Å²) in [5, 5.41) is 2.86. The highest BCUT2D eigenvalue weighted by Crippen LogP contribution is 2.27. The molecule has 0 aliphatic rings. The molecule has 0 radical (unpaired) electrons. The molecular weight excluding hydrogens is 350 g/mol. The monoisotopic (exact) mass is 375 g/mol. The van der Waals surface area contributed by atoms with Crippen LogP contribution < -0.4 is 5.32 Å². The highest BCUT2D eigenvalue weighted by atomic mass is 35.5. The van der Waals surface area contributed by atoms with Crippen molar-refractivity contribution in [2.75, 3.05) is 32.0 Å². The zero-order valence-corrected chi connectivity index (χ0v) is 16.4. The third kappa shape index (κ3) is 5.17. The zero-order valence-electron chi connectivity index (χ0n) is 14.8. The van der Waals surface area contributed by atoms with E-state index in [1.807, 2.05) is 25.8 Å². The second-order valence-electron chi connectivity index (χ2n) is 5.79. The van der Waals surface area contributed by atoms with Crippen LogP contribution in [0.3, 0.4) is 0 Å². The van der Waals surface area contributed by atoms with Crippen LogP contribution in [0.4, 0.5) is 5.69 Å². The van der Waals surface area contributed by atoms with Gasteiger partial charge in [-0.2, -0.15) is 4.31 Å². The topological polar surface area (TPSA) is 69.7 Å². The third-order valence-electron chi connectivity index (χ3n) is 3.81. The van der Waals surface area contributed by atoms with Gasteiger partial charge in [0.1, 0.15) is 4.90 Å². The maximum atomic E-state index is 12.6. The van der Waals surface area contributed by atoms with Gasteiger partial charge in [0.2, 0.25) is 15.9 Å². The fourth-order valence-electron chi connectivity index (χ4n) is 2.09. The Balaban J connectivity index is 3.04. The molecule has 0 spiro atoms. The van der Waals surface area contributed by atoms with Crippen LogP contribution in [0.25, 0.3) is 0 Å². The van der Waals surface area contributed by atoms with E-state index in [0.717, 1.165) is 0 Å². The van der Waals surface area contributed by atoms with Crippen LogP contribution in [0.5, 0.6) is 0 Å². The van der Waals surface area contributed by atoms with Crippen LogP contribution in [-0.4, -0.2) is 56.3 Å². The minimum Gasteiger partial charge on any atom is -0.325 e. The summed E-state index contributed by atoms with van der Waals surface area (Å²) < 4.78 is 26.6. The van der Waals surface area contributed by atoms with Crippen LogP contribution in [0.2, 0.25) is 5.02 Å². The Morgan fingerprint density at radius 3 is 2.33 bits per heavy atom. The van der Waals surface area contributed by atoms with Gasteiger partial charge in [0.05, 0.1) is 11.6 Å². The number of nitrogens with one attached hydrogen (secondary N) is 1. The molecule has 0 saturated heterocycles. The largest absolute Gasteiger partial charge is 0.325 e. The number of rotatable bonds is 8. The van der Waals surface area contributed by atoms with E-state index in [1.165, 1.54) is 16.4 Å². The number of sulfonamides is 1. The molecule has 0 fully saturated rings. The molecule has 24 heavy (non-hydrogen) atoms. The van der Waals surface area contributed by atoms with Crippen molar-refractivity contribution in [2.45, 2.75) is 38.6 Å². The Bertz CT molecular complexity index is 673. The summed E-state index contributed by atoms with van der Waals surface area (Å²) in [7, 11) is -1.84. The molecule has 6 nitrogen and oxygen atoms in total. The molecule has 1 rings (SSSR count). The summed E-state index contributed by atoms with van der Waals surface area (Å²) in [5.41, 5.74) is 0.410. The van der Waals surface area contributed by atoms with Crippen LogP contribution in [-0.2, 0) is 14.8 Å². The van der Waals surface area contributed by atoms with Crippen LogP contribution in [0.1, 0.15) is 27.7 Å². The number of nitrogens with zero attached hydrogens (tertiary/aromatic N) is 2. The van der Waals surface area contributed by atoms with E-state index in [9.17, 15) is 13.2 Å². The summed E-state index contributed by atoms with van der Waals surface area (Å²) in [6.07, 6.45) is 0. The van der Waals surface area contributed by atoms with Crippen LogP contribution >= 0.6 is 11.6 Å². The smallest absolute Gasteiger partial charge is 0.244 e. The first kappa shape index (κ1) is 20.9. The summed E-state index contributed by atoms with van der Waals surface area (Å²) in [5.74, 6) is -0.209. The first-order valence-corrected chi connectivity index (χ1v) is 9.75. The minimum atomic E-state index is -3.69. The van der Waals surface area contributed by atoms with Gasteiger partial charge in [-0.3, -0.25) is 9.69 Å². The van der Waals surface area contributed by atoms with E-state index in [-0.39, 0.29) is 28.4 Å². The average Bonchev–Trinajstić information content (AvgIpc) is 2.49. The quantitative estimate of drug-likeness (QED) is 0.758. The van der Waals surface area contributed by atoms with Crippen molar-refractivity contribution in [3.63, 3.8) is 0 Å². The Hall–Kier alpha value is -1.15. The molecule has 0 heterocycles. The van der Waals surface area contributed by atoms with Crippen molar-refractivity contribution in [3.8, 4) is 0 Å². The minimum absolute atomic E-state index is 0.00267. The fraction of sp³-hybridized carbons (Fsp3) is 0.562. The summed E-state index contributed by atoms with van der Waals surface area (Å²) in [6, 6.07) is 4.72. The molecule has 0 aliphatic heterocycles. The van der Waals surface area contributed by atoms with E-state index in [0.29, 0.717) is 18.8 Å². The Morgan fingerprint density at radius 1 is 1.25 bits per heavy atom. The van der Waals surface area contributed by atoms with Crippen molar-refractivity contribution in [1.29, 1.82) is 0 Å². The lowest BCUT2D eigenvalue weighted by molar-refractivity contribution is -0.117. The molecule has 0 aliphatic carbocycles. The zero-order chi connectivity index (χ0) is 18.5. The van der Waals surface area contributed by atoms with Gasteiger partial charge >= 0.3 is 0 Å². The summed E-state index contributed by atoms with van der Waals surface area (Å²) >= 11 is 6.07. The van der Waals surface area contributed by atoms with Crippen molar-refractivity contribution in [3.05, 3.63) is 23.2 Å². The van der Waals surface area contributed by atoms with Gasteiger partial charge in [0.25, 0.3) is 0 Å². The molecule has 1 amide bonds. The Morgan fingerprint density at radius 2 is 1.83 bits per heavy atom.